The van der Waals surface area contributed by atoms with Gasteiger partial charge >= 0.3 is 0 Å². The minimum Gasteiger partial charge on any atom is -0.490 e. The number of carbonyl (C=O) groups excluding carboxylic acids is 1. The van der Waals surface area contributed by atoms with Gasteiger partial charge in [-0.15, -0.1) is 0 Å². The lowest BCUT2D eigenvalue weighted by molar-refractivity contribution is 0.0976. The number of aliphatic hydroxyl groups is 1. The van der Waals surface area contributed by atoms with Gasteiger partial charge in [0.15, 0.2) is 0 Å². The van der Waals surface area contributed by atoms with Crippen molar-refractivity contribution in [3.63, 3.8) is 0 Å². The number of aromatic nitrogens is 1. The number of nitrogens with one attached hydrogen (secondary N) is 2. The van der Waals surface area contributed by atoms with Crippen LogP contribution >= 0.6 is 0 Å². The fourth-order valence-corrected chi connectivity index (χ4v) is 3.98. The van der Waals surface area contributed by atoms with Gasteiger partial charge in [-0.2, -0.15) is 0 Å². The van der Waals surface area contributed by atoms with Crippen molar-refractivity contribution in [2.45, 2.75) is 32.5 Å². The standard InChI is InChI=1S/C26H32N4O5S/c1-17(2)35-24-14-20(8-10-22(24)26(32)30-36(3,33)34)19-6-4-18(5-7-19)12-13-28-16-23(31)21-9-11-25(27)29-15-21/h4-11,14-15,17,23,28,31H,12-13,16H2,1-3H3,(H2,27,29)(H,30,32)/t23-/m1/s1. The number of hydrogen-bond donors (Lipinski definition) is 4. The quantitative estimate of drug-likeness (QED) is 0.287. The number of aliphatic hydroxyl groups excluding tert-OH is 1. The molecule has 1 atom stereocenters. The van der Waals surface area contributed by atoms with E-state index in [-0.39, 0.29) is 11.7 Å². The van der Waals surface area contributed by atoms with E-state index in [2.05, 4.69) is 10.3 Å². The number of carbonyl (C=O) groups is 1. The maximum atomic E-state index is 12.4. The Bertz CT molecular complexity index is 1280. The molecule has 0 saturated heterocycles. The second-order valence-corrected chi connectivity index (χ2v) is 10.5. The Kier molecular flexibility index (Phi) is 9.03. The molecule has 0 aliphatic heterocycles. The molecule has 192 valence electrons. The summed E-state index contributed by atoms with van der Waals surface area (Å²) >= 11 is 0. The summed E-state index contributed by atoms with van der Waals surface area (Å²) in [5, 5.41) is 13.5. The number of pyridine rings is 1. The minimum absolute atomic E-state index is 0.150. The monoisotopic (exact) mass is 512 g/mol. The molecule has 0 fully saturated rings. The molecule has 0 saturated carbocycles. The van der Waals surface area contributed by atoms with Crippen molar-refractivity contribution in [2.75, 3.05) is 25.1 Å². The van der Waals surface area contributed by atoms with E-state index in [0.717, 1.165) is 29.4 Å². The summed E-state index contributed by atoms with van der Waals surface area (Å²) in [7, 11) is -3.70. The summed E-state index contributed by atoms with van der Waals surface area (Å²) in [5.41, 5.74) is 9.33. The Morgan fingerprint density at radius 3 is 2.39 bits per heavy atom. The molecule has 9 nitrogen and oxygen atoms in total. The van der Waals surface area contributed by atoms with Crippen molar-refractivity contribution in [1.29, 1.82) is 0 Å². The predicted octanol–water partition coefficient (Wildman–Crippen LogP) is 2.67. The first kappa shape index (κ1) is 27.1. The lowest BCUT2D eigenvalue weighted by atomic mass is 10.0. The zero-order valence-electron chi connectivity index (χ0n) is 20.6. The van der Waals surface area contributed by atoms with Crippen molar-refractivity contribution < 1.29 is 23.1 Å². The van der Waals surface area contributed by atoms with Crippen LogP contribution in [-0.4, -0.2) is 49.9 Å². The van der Waals surface area contributed by atoms with Crippen LogP contribution in [0.3, 0.4) is 0 Å². The number of nitrogens with zero attached hydrogens (tertiary/aromatic N) is 1. The number of sulfonamides is 1. The Morgan fingerprint density at radius 2 is 1.78 bits per heavy atom. The van der Waals surface area contributed by atoms with E-state index in [1.54, 1.807) is 36.5 Å². The zero-order valence-corrected chi connectivity index (χ0v) is 21.4. The van der Waals surface area contributed by atoms with Gasteiger partial charge in [-0.1, -0.05) is 36.4 Å². The van der Waals surface area contributed by atoms with Crippen molar-refractivity contribution >= 4 is 21.7 Å². The smallest absolute Gasteiger partial charge is 0.268 e. The van der Waals surface area contributed by atoms with Gasteiger partial charge in [0.1, 0.15) is 11.6 Å². The Hall–Kier alpha value is -3.47. The average Bonchev–Trinajstić information content (AvgIpc) is 2.81. The van der Waals surface area contributed by atoms with Crippen LogP contribution in [0.5, 0.6) is 5.75 Å². The Labute approximate surface area is 211 Å². The molecule has 0 aliphatic carbocycles. The fourth-order valence-electron chi connectivity index (χ4n) is 3.53. The molecule has 5 N–H and O–H groups in total. The molecule has 3 rings (SSSR count). The van der Waals surface area contributed by atoms with Crippen molar-refractivity contribution in [3.05, 3.63) is 77.5 Å². The maximum absolute atomic E-state index is 12.4. The van der Waals surface area contributed by atoms with Crippen LogP contribution in [0.1, 0.15) is 41.4 Å². The third kappa shape index (κ3) is 8.04. The fraction of sp³-hybridized carbons (Fsp3) is 0.308. The molecule has 0 aliphatic rings. The highest BCUT2D eigenvalue weighted by Gasteiger charge is 2.18. The van der Waals surface area contributed by atoms with Gasteiger partial charge in [0, 0.05) is 18.3 Å². The number of nitrogens with two attached hydrogens (primary N) is 1. The molecular weight excluding hydrogens is 480 g/mol. The van der Waals surface area contributed by atoms with Crippen LogP contribution in [0, 0.1) is 0 Å². The van der Waals surface area contributed by atoms with E-state index in [1.807, 2.05) is 42.8 Å². The van der Waals surface area contributed by atoms with E-state index in [0.29, 0.717) is 30.2 Å². The highest BCUT2D eigenvalue weighted by Crippen LogP contribution is 2.29. The molecule has 1 amide bonds. The first-order valence-electron chi connectivity index (χ1n) is 11.5. The molecule has 0 radical (unpaired) electrons. The number of rotatable bonds is 11. The molecule has 10 heteroatoms. The van der Waals surface area contributed by atoms with Gasteiger partial charge < -0.3 is 20.9 Å². The van der Waals surface area contributed by atoms with E-state index in [1.165, 1.54) is 0 Å². The van der Waals surface area contributed by atoms with Crippen molar-refractivity contribution in [1.82, 2.24) is 15.0 Å². The van der Waals surface area contributed by atoms with E-state index in [4.69, 9.17) is 10.5 Å². The summed E-state index contributed by atoms with van der Waals surface area (Å²) in [5.74, 6) is -0.00785. The highest BCUT2D eigenvalue weighted by atomic mass is 32.2. The van der Waals surface area contributed by atoms with Gasteiger partial charge in [0.25, 0.3) is 5.91 Å². The average molecular weight is 513 g/mol. The van der Waals surface area contributed by atoms with Crippen LogP contribution in [0.15, 0.2) is 60.8 Å². The van der Waals surface area contributed by atoms with E-state index < -0.39 is 22.0 Å². The lowest BCUT2D eigenvalue weighted by Gasteiger charge is -2.16. The van der Waals surface area contributed by atoms with Crippen LogP contribution in [0.4, 0.5) is 5.82 Å². The van der Waals surface area contributed by atoms with Crippen LogP contribution < -0.4 is 20.5 Å². The second kappa shape index (κ2) is 12.0. The third-order valence-electron chi connectivity index (χ3n) is 5.28. The Morgan fingerprint density at radius 1 is 1.08 bits per heavy atom. The molecule has 2 aromatic carbocycles. The SMILES string of the molecule is CC(C)Oc1cc(-c2ccc(CCNC[C@@H](O)c3ccc(N)nc3)cc2)ccc1C(=O)NS(C)(=O)=O. The number of amides is 1. The summed E-state index contributed by atoms with van der Waals surface area (Å²) in [6.07, 6.45) is 2.42. The van der Waals surface area contributed by atoms with Crippen LogP contribution in [-0.2, 0) is 16.4 Å². The number of nitrogen functional groups attached to an aromatic ring is 1. The molecule has 1 heterocycles. The normalized spacial score (nSPS) is 12.4. The molecule has 0 bridgehead atoms. The zero-order chi connectivity index (χ0) is 26.3. The summed E-state index contributed by atoms with van der Waals surface area (Å²) in [6, 6.07) is 16.5. The Balaban J connectivity index is 1.62. The largest absolute Gasteiger partial charge is 0.490 e. The van der Waals surface area contributed by atoms with Crippen molar-refractivity contribution in [3.8, 4) is 16.9 Å². The topological polar surface area (TPSA) is 144 Å². The number of ether oxygens (including phenoxy) is 1. The predicted molar refractivity (Wildman–Crippen MR) is 140 cm³/mol. The van der Waals surface area contributed by atoms with Crippen LogP contribution in [0.25, 0.3) is 11.1 Å². The molecule has 3 aromatic rings. The molecular formula is C26H32N4O5S. The van der Waals surface area contributed by atoms with Gasteiger partial charge in [-0.25, -0.2) is 18.1 Å². The highest BCUT2D eigenvalue weighted by molar-refractivity contribution is 7.89. The molecule has 0 spiro atoms. The maximum Gasteiger partial charge on any atom is 0.268 e. The minimum atomic E-state index is -3.70. The first-order chi connectivity index (χ1) is 17.0. The second-order valence-electron chi connectivity index (χ2n) is 8.76. The first-order valence-corrected chi connectivity index (χ1v) is 13.4. The van der Waals surface area contributed by atoms with E-state index in [9.17, 15) is 18.3 Å². The molecule has 36 heavy (non-hydrogen) atoms. The molecule has 0 unspecified atom stereocenters. The van der Waals surface area contributed by atoms with Gasteiger partial charge in [0.2, 0.25) is 10.0 Å². The number of benzene rings is 2. The lowest BCUT2D eigenvalue weighted by Crippen LogP contribution is -2.30. The van der Waals surface area contributed by atoms with Gasteiger partial charge in [-0.3, -0.25) is 4.79 Å². The number of anilines is 1. The molecule has 1 aromatic heterocycles. The van der Waals surface area contributed by atoms with Gasteiger partial charge in [0.05, 0.1) is 24.0 Å². The summed E-state index contributed by atoms with van der Waals surface area (Å²) in [4.78, 5) is 16.4. The van der Waals surface area contributed by atoms with Gasteiger partial charge in [-0.05, 0) is 61.7 Å². The third-order valence-corrected chi connectivity index (χ3v) is 5.83. The van der Waals surface area contributed by atoms with Crippen molar-refractivity contribution in [2.24, 2.45) is 0 Å². The van der Waals surface area contributed by atoms with Crippen LogP contribution in [0.2, 0.25) is 0 Å². The number of hydrogen-bond acceptors (Lipinski definition) is 8. The summed E-state index contributed by atoms with van der Waals surface area (Å²) in [6.45, 7) is 4.76. The summed E-state index contributed by atoms with van der Waals surface area (Å²) < 4.78 is 30.7. The van der Waals surface area contributed by atoms with E-state index >= 15 is 0 Å².